The molecule has 0 bridgehead atoms. The standard InChI is InChI=1S/C4H4N2.C2H6OS.ClH.Ru/c1-2-6-4-3-5-1;1-4(2)3;;/h1-4H;1-2H3;1H;/p-1. The average Bonchev–Trinajstić information content (AvgIpc) is 1.90. The Morgan fingerprint density at radius 2 is 1.17 bits per heavy atom. The maximum Gasteiger partial charge on any atom is 0.0451 e. The summed E-state index contributed by atoms with van der Waals surface area (Å²) in [5.74, 6) is 0. The summed E-state index contributed by atoms with van der Waals surface area (Å²) in [6.07, 6.45) is 9.83. The van der Waals surface area contributed by atoms with E-state index in [1.54, 1.807) is 37.3 Å². The molecule has 1 aromatic rings. The first kappa shape index (κ1) is 18.0. The Bertz CT molecular complexity index is 157. The Labute approximate surface area is 94.0 Å². The van der Waals surface area contributed by atoms with Crippen LogP contribution in [-0.2, 0) is 30.3 Å². The molecule has 0 aliphatic carbocycles. The van der Waals surface area contributed by atoms with Crippen LogP contribution in [0.3, 0.4) is 0 Å². The normalized spacial score (nSPS) is 6.92. The summed E-state index contributed by atoms with van der Waals surface area (Å²) in [5, 5.41) is 0. The average molecular weight is 295 g/mol. The third-order valence-electron chi connectivity index (χ3n) is 0.478. The largest absolute Gasteiger partial charge is 1.00 e. The number of hydrogen-bond donors (Lipinski definition) is 0. The number of nitrogens with zero attached hydrogens (tertiary/aromatic N) is 2. The van der Waals surface area contributed by atoms with E-state index in [0.717, 1.165) is 0 Å². The molecule has 1 aromatic heterocycles. The smallest absolute Gasteiger partial charge is 0.0451 e. The summed E-state index contributed by atoms with van der Waals surface area (Å²) >= 11 is 0. The predicted octanol–water partition coefficient (Wildman–Crippen LogP) is -2.53. The minimum Gasteiger partial charge on any atom is -1.00 e. The summed E-state index contributed by atoms with van der Waals surface area (Å²) in [6, 6.07) is 0. The Morgan fingerprint density at radius 1 is 1.00 bits per heavy atom. The summed E-state index contributed by atoms with van der Waals surface area (Å²) in [6.45, 7) is 0. The number of rotatable bonds is 0. The second-order valence-corrected chi connectivity index (χ2v) is 3.12. The molecule has 72 valence electrons. The zero-order chi connectivity index (χ0) is 7.82. The van der Waals surface area contributed by atoms with Crippen LogP contribution in [0.1, 0.15) is 0 Å². The molecule has 0 N–H and O–H groups in total. The van der Waals surface area contributed by atoms with Crippen LogP contribution in [0.2, 0.25) is 0 Å². The molecule has 0 aliphatic heterocycles. The number of aromatic nitrogens is 2. The molecule has 6 heteroatoms. The minimum atomic E-state index is -0.611. The summed E-state index contributed by atoms with van der Waals surface area (Å²) in [5.41, 5.74) is 0. The van der Waals surface area contributed by atoms with E-state index < -0.39 is 10.8 Å². The van der Waals surface area contributed by atoms with Crippen molar-refractivity contribution in [2.24, 2.45) is 0 Å². The molecule has 0 aromatic carbocycles. The molecular weight excluding hydrogens is 285 g/mol. The quantitative estimate of drug-likeness (QED) is 0.496. The van der Waals surface area contributed by atoms with Gasteiger partial charge in [0.2, 0.25) is 0 Å². The second-order valence-electron chi connectivity index (χ2n) is 1.64. The van der Waals surface area contributed by atoms with Crippen molar-refractivity contribution in [3.63, 3.8) is 0 Å². The van der Waals surface area contributed by atoms with E-state index in [4.69, 9.17) is 0 Å². The van der Waals surface area contributed by atoms with Crippen LogP contribution in [0.4, 0.5) is 0 Å². The Hall–Kier alpha value is 0.143. The van der Waals surface area contributed by atoms with E-state index in [1.807, 2.05) is 0 Å². The van der Waals surface area contributed by atoms with Gasteiger partial charge < -0.3 is 12.4 Å². The Kier molecular flexibility index (Phi) is 20.6. The molecule has 0 fully saturated rings. The van der Waals surface area contributed by atoms with Gasteiger partial charge >= 0.3 is 0 Å². The fourth-order valence-corrected chi connectivity index (χ4v) is 0.253. The molecular formula is C6H10ClN2ORuS-. The Morgan fingerprint density at radius 3 is 1.25 bits per heavy atom. The third-order valence-corrected chi connectivity index (χ3v) is 0.478. The summed E-state index contributed by atoms with van der Waals surface area (Å²) in [7, 11) is -0.611. The van der Waals surface area contributed by atoms with Crippen molar-refractivity contribution in [1.82, 2.24) is 9.97 Å². The first-order chi connectivity index (χ1) is 4.73. The fourth-order valence-electron chi connectivity index (χ4n) is 0.253. The zero-order valence-electron chi connectivity index (χ0n) is 6.75. The van der Waals surface area contributed by atoms with Gasteiger partial charge in [-0.05, 0) is 0 Å². The summed E-state index contributed by atoms with van der Waals surface area (Å²) in [4.78, 5) is 7.44. The minimum absolute atomic E-state index is 0. The van der Waals surface area contributed by atoms with E-state index in [9.17, 15) is 4.21 Å². The first-order valence-electron chi connectivity index (χ1n) is 2.68. The van der Waals surface area contributed by atoms with Crippen LogP contribution in [0, 0.1) is 0 Å². The van der Waals surface area contributed by atoms with Crippen molar-refractivity contribution in [3.8, 4) is 0 Å². The molecule has 0 atom stereocenters. The van der Waals surface area contributed by atoms with Gasteiger partial charge in [-0.1, -0.05) is 0 Å². The van der Waals surface area contributed by atoms with Crippen LogP contribution >= 0.6 is 0 Å². The third kappa shape index (κ3) is 22.5. The molecule has 0 radical (unpaired) electrons. The molecule has 0 aliphatic rings. The topological polar surface area (TPSA) is 42.9 Å². The van der Waals surface area contributed by atoms with Gasteiger partial charge in [0.1, 0.15) is 0 Å². The van der Waals surface area contributed by atoms with Gasteiger partial charge in [0.25, 0.3) is 0 Å². The molecule has 0 amide bonds. The van der Waals surface area contributed by atoms with E-state index >= 15 is 0 Å². The van der Waals surface area contributed by atoms with Gasteiger partial charge in [-0.2, -0.15) is 0 Å². The van der Waals surface area contributed by atoms with Crippen LogP contribution < -0.4 is 12.4 Å². The van der Waals surface area contributed by atoms with Crippen molar-refractivity contribution < 1.29 is 36.1 Å². The van der Waals surface area contributed by atoms with E-state index in [2.05, 4.69) is 9.97 Å². The Balaban J connectivity index is -0.000000124. The van der Waals surface area contributed by atoms with Gasteiger partial charge in [0.05, 0.1) is 0 Å². The van der Waals surface area contributed by atoms with Crippen LogP contribution in [0.25, 0.3) is 0 Å². The second kappa shape index (κ2) is 13.7. The van der Waals surface area contributed by atoms with Crippen LogP contribution in [0.5, 0.6) is 0 Å². The van der Waals surface area contributed by atoms with Crippen LogP contribution in [-0.4, -0.2) is 26.7 Å². The summed E-state index contributed by atoms with van der Waals surface area (Å²) < 4.78 is 9.56. The van der Waals surface area contributed by atoms with Crippen LogP contribution in [0.15, 0.2) is 24.8 Å². The van der Waals surface area contributed by atoms with Gasteiger partial charge in [-0.25, -0.2) is 0 Å². The van der Waals surface area contributed by atoms with Gasteiger partial charge in [-0.15, -0.1) is 0 Å². The van der Waals surface area contributed by atoms with E-state index in [1.165, 1.54) is 0 Å². The number of hydrogen-bond acceptors (Lipinski definition) is 3. The zero-order valence-corrected chi connectivity index (χ0v) is 10.1. The SMILES string of the molecule is CS(C)=O.[Cl-].[Ru].c1cnccn1. The molecule has 1 rings (SSSR count). The molecule has 12 heavy (non-hydrogen) atoms. The van der Waals surface area contributed by atoms with Crippen molar-refractivity contribution >= 4 is 10.8 Å². The number of halogens is 1. The molecule has 1 heterocycles. The maximum absolute atomic E-state index is 9.56. The molecule has 0 saturated carbocycles. The van der Waals surface area contributed by atoms with Gasteiger partial charge in [-0.3, -0.25) is 14.2 Å². The van der Waals surface area contributed by atoms with Gasteiger partial charge in [0, 0.05) is 67.6 Å². The van der Waals surface area contributed by atoms with Gasteiger partial charge in [0.15, 0.2) is 0 Å². The van der Waals surface area contributed by atoms with E-state index in [0.29, 0.717) is 0 Å². The molecule has 0 spiro atoms. The van der Waals surface area contributed by atoms with E-state index in [-0.39, 0.29) is 31.9 Å². The molecule has 0 saturated heterocycles. The monoisotopic (exact) mass is 295 g/mol. The van der Waals surface area contributed by atoms with Crippen molar-refractivity contribution in [3.05, 3.63) is 24.8 Å². The predicted molar refractivity (Wildman–Crippen MR) is 42.0 cm³/mol. The molecule has 3 nitrogen and oxygen atoms in total. The first-order valence-corrected chi connectivity index (χ1v) is 4.65. The van der Waals surface area contributed by atoms with Crippen molar-refractivity contribution in [2.75, 3.05) is 12.5 Å². The maximum atomic E-state index is 9.56. The van der Waals surface area contributed by atoms with Crippen molar-refractivity contribution in [1.29, 1.82) is 0 Å². The van der Waals surface area contributed by atoms with Crippen molar-refractivity contribution in [2.45, 2.75) is 0 Å². The fraction of sp³-hybridized carbons (Fsp3) is 0.333. The molecule has 0 unspecified atom stereocenters.